The van der Waals surface area contributed by atoms with Crippen LogP contribution < -0.4 is 0 Å². The number of ketones is 2. The van der Waals surface area contributed by atoms with Crippen molar-refractivity contribution in [1.82, 2.24) is 0 Å². The van der Waals surface area contributed by atoms with Gasteiger partial charge in [0.2, 0.25) is 0 Å². The van der Waals surface area contributed by atoms with Crippen LogP contribution in [0.1, 0.15) is 40.5 Å². The van der Waals surface area contributed by atoms with Gasteiger partial charge in [-0.3, -0.25) is 9.59 Å². The molecule has 0 unspecified atom stereocenters. The Kier molecular flexibility index (Phi) is 2.29. The van der Waals surface area contributed by atoms with E-state index in [9.17, 15) is 9.59 Å². The van der Waals surface area contributed by atoms with Gasteiger partial charge in [-0.2, -0.15) is 0 Å². The number of rotatable bonds is 2. The van der Waals surface area contributed by atoms with E-state index in [4.69, 9.17) is 0 Å². The molecule has 2 aliphatic rings. The van der Waals surface area contributed by atoms with Gasteiger partial charge in [-0.1, -0.05) is 20.8 Å². The highest BCUT2D eigenvalue weighted by Crippen LogP contribution is 2.61. The fourth-order valence-corrected chi connectivity index (χ4v) is 3.06. The Bertz CT molecular complexity index is 299. The molecule has 2 fully saturated rings. The number of hydrogen-bond acceptors (Lipinski definition) is 2. The molecule has 0 radical (unpaired) electrons. The molecule has 0 aromatic heterocycles. The SMILES string of the molecule is CC(=O)[C@H]1C[C@@H]2[C@H](C1)[C@H]2C(=O)C(C)(C)C. The first-order chi connectivity index (χ1) is 6.82. The van der Waals surface area contributed by atoms with Gasteiger partial charge in [0.1, 0.15) is 11.6 Å². The minimum absolute atomic E-state index is 0.208. The van der Waals surface area contributed by atoms with Crippen molar-refractivity contribution in [2.45, 2.75) is 40.5 Å². The van der Waals surface area contributed by atoms with Crippen molar-refractivity contribution in [3.05, 3.63) is 0 Å². The highest BCUT2D eigenvalue weighted by molar-refractivity contribution is 5.90. The molecule has 84 valence electrons. The van der Waals surface area contributed by atoms with Crippen LogP contribution in [-0.2, 0) is 9.59 Å². The van der Waals surface area contributed by atoms with Gasteiger partial charge in [0.25, 0.3) is 0 Å². The van der Waals surface area contributed by atoms with Gasteiger partial charge in [-0.15, -0.1) is 0 Å². The number of Topliss-reactive ketones (excluding diaryl/α,β-unsaturated/α-hetero) is 2. The zero-order valence-electron chi connectivity index (χ0n) is 10.0. The molecule has 4 atom stereocenters. The molecule has 0 heterocycles. The Balaban J connectivity index is 1.95. The zero-order valence-corrected chi connectivity index (χ0v) is 10.0. The second-order valence-electron chi connectivity index (χ2n) is 6.25. The van der Waals surface area contributed by atoms with E-state index in [1.54, 1.807) is 6.92 Å². The molecule has 0 bridgehead atoms. The lowest BCUT2D eigenvalue weighted by atomic mass is 9.84. The van der Waals surface area contributed by atoms with Crippen LogP contribution in [0.15, 0.2) is 0 Å². The van der Waals surface area contributed by atoms with Gasteiger partial charge >= 0.3 is 0 Å². The first-order valence-electron chi connectivity index (χ1n) is 5.87. The van der Waals surface area contributed by atoms with Crippen molar-refractivity contribution in [2.24, 2.45) is 29.1 Å². The summed E-state index contributed by atoms with van der Waals surface area (Å²) in [7, 11) is 0. The summed E-state index contributed by atoms with van der Waals surface area (Å²) in [5.74, 6) is 2.31. The number of hydrogen-bond donors (Lipinski definition) is 0. The van der Waals surface area contributed by atoms with Crippen LogP contribution in [0.5, 0.6) is 0 Å². The summed E-state index contributed by atoms with van der Waals surface area (Å²) >= 11 is 0. The number of carbonyl (C=O) groups excluding carboxylic acids is 2. The lowest BCUT2D eigenvalue weighted by molar-refractivity contribution is -0.129. The summed E-state index contributed by atoms with van der Waals surface area (Å²) in [6.45, 7) is 7.65. The second kappa shape index (κ2) is 3.16. The lowest BCUT2D eigenvalue weighted by Crippen LogP contribution is -2.25. The van der Waals surface area contributed by atoms with Gasteiger partial charge in [0.05, 0.1) is 0 Å². The first kappa shape index (κ1) is 10.8. The predicted octanol–water partition coefficient (Wildman–Crippen LogP) is 2.46. The minimum atomic E-state index is -0.208. The van der Waals surface area contributed by atoms with Crippen molar-refractivity contribution in [1.29, 1.82) is 0 Å². The van der Waals surface area contributed by atoms with Gasteiger partial charge in [0.15, 0.2) is 0 Å². The Morgan fingerprint density at radius 2 is 1.53 bits per heavy atom. The molecule has 2 heteroatoms. The molecule has 0 amide bonds. The van der Waals surface area contributed by atoms with E-state index >= 15 is 0 Å². The molecule has 2 rings (SSSR count). The topological polar surface area (TPSA) is 34.1 Å². The van der Waals surface area contributed by atoms with Crippen LogP contribution >= 0.6 is 0 Å². The quantitative estimate of drug-likeness (QED) is 0.698. The summed E-state index contributed by atoms with van der Waals surface area (Å²) in [5, 5.41) is 0. The van der Waals surface area contributed by atoms with E-state index in [-0.39, 0.29) is 17.3 Å². The highest BCUT2D eigenvalue weighted by Gasteiger charge is 2.61. The number of fused-ring (bicyclic) bond motifs is 1. The molecular formula is C13H20O2. The van der Waals surface area contributed by atoms with Crippen LogP contribution in [0.25, 0.3) is 0 Å². The summed E-state index contributed by atoms with van der Waals surface area (Å²) in [4.78, 5) is 23.2. The van der Waals surface area contributed by atoms with Gasteiger partial charge < -0.3 is 0 Å². The lowest BCUT2D eigenvalue weighted by Gasteiger charge is -2.19. The smallest absolute Gasteiger partial charge is 0.141 e. The van der Waals surface area contributed by atoms with Crippen molar-refractivity contribution in [2.75, 3.05) is 0 Å². The molecule has 2 nitrogen and oxygen atoms in total. The molecule has 2 aliphatic carbocycles. The third-order valence-electron chi connectivity index (χ3n) is 4.06. The van der Waals surface area contributed by atoms with E-state index < -0.39 is 0 Å². The Morgan fingerprint density at radius 1 is 1.07 bits per heavy atom. The molecular weight excluding hydrogens is 188 g/mol. The maximum Gasteiger partial charge on any atom is 0.141 e. The van der Waals surface area contributed by atoms with Gasteiger partial charge in [-0.25, -0.2) is 0 Å². The largest absolute Gasteiger partial charge is 0.300 e. The van der Waals surface area contributed by atoms with Gasteiger partial charge in [0, 0.05) is 17.3 Å². The number of carbonyl (C=O) groups is 2. The third-order valence-corrected chi connectivity index (χ3v) is 4.06. The standard InChI is InChI=1S/C13H20O2/c1-7(14)8-5-9-10(6-8)11(9)12(15)13(2,3)4/h8-11H,5-6H2,1-4H3/t8-,9+,10-,11-. The fraction of sp³-hybridized carbons (Fsp3) is 0.846. The second-order valence-corrected chi connectivity index (χ2v) is 6.25. The average Bonchev–Trinajstić information content (AvgIpc) is 2.55. The minimum Gasteiger partial charge on any atom is -0.300 e. The molecule has 0 aromatic carbocycles. The van der Waals surface area contributed by atoms with Crippen molar-refractivity contribution in [3.8, 4) is 0 Å². The van der Waals surface area contributed by atoms with E-state index in [1.807, 2.05) is 20.8 Å². The van der Waals surface area contributed by atoms with E-state index in [1.165, 1.54) is 0 Å². The molecule has 0 N–H and O–H groups in total. The fourth-order valence-electron chi connectivity index (χ4n) is 3.06. The predicted molar refractivity (Wildman–Crippen MR) is 58.3 cm³/mol. The molecule has 15 heavy (non-hydrogen) atoms. The Morgan fingerprint density at radius 3 is 1.87 bits per heavy atom. The zero-order chi connectivity index (χ0) is 11.4. The summed E-state index contributed by atoms with van der Waals surface area (Å²) < 4.78 is 0. The van der Waals surface area contributed by atoms with E-state index in [0.717, 1.165) is 12.8 Å². The van der Waals surface area contributed by atoms with Gasteiger partial charge in [-0.05, 0) is 31.6 Å². The molecule has 0 aromatic rings. The van der Waals surface area contributed by atoms with Crippen molar-refractivity contribution in [3.63, 3.8) is 0 Å². The maximum absolute atomic E-state index is 12.0. The first-order valence-corrected chi connectivity index (χ1v) is 5.87. The third kappa shape index (κ3) is 1.75. The van der Waals surface area contributed by atoms with Crippen LogP contribution in [0.3, 0.4) is 0 Å². The highest BCUT2D eigenvalue weighted by atomic mass is 16.1. The molecule has 0 aliphatic heterocycles. The van der Waals surface area contributed by atoms with Crippen LogP contribution in [-0.4, -0.2) is 11.6 Å². The summed E-state index contributed by atoms with van der Waals surface area (Å²) in [6, 6.07) is 0. The monoisotopic (exact) mass is 208 g/mol. The molecule has 0 saturated heterocycles. The maximum atomic E-state index is 12.0. The van der Waals surface area contributed by atoms with E-state index in [0.29, 0.717) is 23.4 Å². The molecule has 0 spiro atoms. The Hall–Kier alpha value is -0.660. The van der Waals surface area contributed by atoms with Crippen molar-refractivity contribution < 1.29 is 9.59 Å². The average molecular weight is 208 g/mol. The summed E-state index contributed by atoms with van der Waals surface area (Å²) in [6.07, 6.45) is 1.93. The van der Waals surface area contributed by atoms with Crippen LogP contribution in [0.4, 0.5) is 0 Å². The molecule has 2 saturated carbocycles. The van der Waals surface area contributed by atoms with Crippen molar-refractivity contribution >= 4 is 11.6 Å². The van der Waals surface area contributed by atoms with Crippen LogP contribution in [0.2, 0.25) is 0 Å². The Labute approximate surface area is 91.4 Å². The normalized spacial score (nSPS) is 38.7. The summed E-state index contributed by atoms with van der Waals surface area (Å²) in [5.41, 5.74) is -0.208. The van der Waals surface area contributed by atoms with Crippen LogP contribution in [0, 0.1) is 29.1 Å². The van der Waals surface area contributed by atoms with E-state index in [2.05, 4.69) is 0 Å².